The summed E-state index contributed by atoms with van der Waals surface area (Å²) >= 11 is 0. The summed E-state index contributed by atoms with van der Waals surface area (Å²) in [6.45, 7) is 3.14. The second-order valence-corrected chi connectivity index (χ2v) is 17.7. The molecule has 7 aromatic rings. The number of nitrogens with one attached hydrogen (secondary N) is 2. The van der Waals surface area contributed by atoms with Gasteiger partial charge in [0.2, 0.25) is 5.75 Å². The molecule has 0 aliphatic carbocycles. The average Bonchev–Trinajstić information content (AvgIpc) is 4.11. The predicted octanol–water partition coefficient (Wildman–Crippen LogP) is 8.93. The predicted molar refractivity (Wildman–Crippen MR) is 246 cm³/mol. The Kier molecular flexibility index (Phi) is 14.0. The maximum Gasteiger partial charge on any atom is 0.493 e. The Balaban J connectivity index is 1.28. The normalized spacial score (nSPS) is 15.7. The molecule has 9 rings (SSSR count). The van der Waals surface area contributed by atoms with Crippen LogP contribution in [0.1, 0.15) is 11.4 Å². The zero-order valence-corrected chi connectivity index (χ0v) is 39.2. The zero-order chi connectivity index (χ0) is 54.6. The largest absolute Gasteiger partial charge is 0.493 e. The number of likely N-dealkylation sites (N-methyl/N-ethyl adjacent to an activating group) is 1. The lowest BCUT2D eigenvalue weighted by Crippen LogP contribution is -2.46. The minimum absolute atomic E-state index is 0.000337. The van der Waals surface area contributed by atoms with Crippen LogP contribution in [-0.2, 0) is 32.3 Å². The molecule has 2 aliphatic rings. The van der Waals surface area contributed by atoms with Gasteiger partial charge < -0.3 is 38.8 Å². The van der Waals surface area contributed by atoms with Crippen molar-refractivity contribution in [3.8, 4) is 39.5 Å². The van der Waals surface area contributed by atoms with Gasteiger partial charge in [-0.3, -0.25) is 9.80 Å². The number of hydrogen-bond donors (Lipinski definition) is 2. The van der Waals surface area contributed by atoms with E-state index in [-0.39, 0.29) is 42.5 Å². The van der Waals surface area contributed by atoms with Crippen molar-refractivity contribution in [1.29, 1.82) is 0 Å². The SMILES string of the molecule is CN1CCN(Cc2[nH]c3ccccc3c2-c2ccc(-c3c(CN4CCN(c5cccc6[nH]ccc56)CC4)n(OC(=O)C(F)(F)F)c4cc(OC(=O)C(F)(F)F)c(OC(=O)C(F)(F)F)c(OC(=O)C(F)(F)F)c34)cc2)CC1. The number of carbonyl (C=O) groups excluding carboxylic acids is 4. The number of benzene rings is 4. The Hall–Kier alpha value is -7.78. The number of anilines is 1. The fourth-order valence-electron chi connectivity index (χ4n) is 9.20. The maximum atomic E-state index is 14.3. The average molecular weight is 1080 g/mol. The van der Waals surface area contributed by atoms with Gasteiger partial charge >= 0.3 is 48.6 Å². The van der Waals surface area contributed by atoms with Crippen LogP contribution < -0.4 is 23.9 Å². The Morgan fingerprint density at radius 2 is 1.09 bits per heavy atom. The van der Waals surface area contributed by atoms with E-state index in [1.165, 1.54) is 24.3 Å². The van der Waals surface area contributed by atoms with E-state index in [0.29, 0.717) is 36.3 Å². The number of halogens is 12. The summed E-state index contributed by atoms with van der Waals surface area (Å²) in [5.74, 6) is -19.3. The number of H-pyrrole nitrogens is 2. The molecule has 0 bridgehead atoms. The highest BCUT2D eigenvalue weighted by molar-refractivity contribution is 6.07. The fraction of sp³-hybridized carbons (Fsp3) is 0.306. The van der Waals surface area contributed by atoms with Gasteiger partial charge in [-0.25, -0.2) is 19.2 Å². The molecule has 0 amide bonds. The topological polar surface area (TPSA) is 155 Å². The molecule has 4 aromatic carbocycles. The third-order valence-electron chi connectivity index (χ3n) is 12.8. The van der Waals surface area contributed by atoms with Gasteiger partial charge in [0.25, 0.3) is 0 Å². The molecular weight excluding hydrogens is 1040 g/mol. The number of fused-ring (bicyclic) bond motifs is 3. The first kappa shape index (κ1) is 53.1. The van der Waals surface area contributed by atoms with Crippen molar-refractivity contribution in [1.82, 2.24) is 29.4 Å². The Morgan fingerprint density at radius 3 is 1.71 bits per heavy atom. The van der Waals surface area contributed by atoms with Gasteiger partial charge in [0.15, 0.2) is 11.5 Å². The number of para-hydroxylation sites is 1. The van der Waals surface area contributed by atoms with E-state index in [0.717, 1.165) is 40.8 Å². The van der Waals surface area contributed by atoms with Gasteiger partial charge in [-0.05, 0) is 42.4 Å². The highest BCUT2D eigenvalue weighted by Crippen LogP contribution is 2.52. The molecule has 2 saturated heterocycles. The monoisotopic (exact) mass is 1080 g/mol. The maximum absolute atomic E-state index is 14.3. The molecule has 402 valence electrons. The highest BCUT2D eigenvalue weighted by Gasteiger charge is 2.49. The molecule has 2 N–H and O–H groups in total. The van der Waals surface area contributed by atoms with Crippen LogP contribution in [0.25, 0.3) is 55.0 Å². The molecular formula is C49H39F12N7O8. The molecule has 15 nitrogen and oxygen atoms in total. The smallest absolute Gasteiger partial charge is 0.416 e. The number of rotatable bonds is 11. The van der Waals surface area contributed by atoms with Crippen molar-refractivity contribution in [2.24, 2.45) is 0 Å². The third-order valence-corrected chi connectivity index (χ3v) is 12.8. The second-order valence-electron chi connectivity index (χ2n) is 17.7. The number of aromatic nitrogens is 3. The third kappa shape index (κ3) is 10.8. The van der Waals surface area contributed by atoms with Gasteiger partial charge in [-0.15, -0.1) is 0 Å². The molecule has 2 aliphatic heterocycles. The molecule has 76 heavy (non-hydrogen) atoms. The minimum atomic E-state index is -6.11. The molecule has 0 atom stereocenters. The van der Waals surface area contributed by atoms with E-state index in [2.05, 4.69) is 34.0 Å². The number of carbonyl (C=O) groups is 4. The number of hydrogen-bond acceptors (Lipinski definition) is 12. The van der Waals surface area contributed by atoms with Crippen LogP contribution in [0.3, 0.4) is 0 Å². The van der Waals surface area contributed by atoms with Gasteiger partial charge in [0, 0.05) is 122 Å². The standard InChI is InChI=1S/C49H39F12N7O8/c1-64-15-17-65(18-16-64)24-32-37(29-5-2-3-6-31(29)63-32)26-9-11-27(12-10-26)38-35(25-66-19-21-67(22-20-66)33-8-4-7-30-28(33)13-14-62-30)68(76-45(72)49(59,60)61)34-23-36(73-42(69)46(50,51)52)40(74-43(70)47(53,54)55)41(39(34)38)75-44(71)48(56,57)58/h2-14,23,62-63H,15-22,24-25H2,1H3. The van der Waals surface area contributed by atoms with Gasteiger partial charge in [-0.1, -0.05) is 48.5 Å². The highest BCUT2D eigenvalue weighted by atomic mass is 19.4. The number of nitrogens with zero attached hydrogens (tertiary/aromatic N) is 5. The second kappa shape index (κ2) is 20.1. The first-order chi connectivity index (χ1) is 35.8. The van der Waals surface area contributed by atoms with E-state index < -0.39 is 94.5 Å². The number of ether oxygens (including phenoxy) is 3. The van der Waals surface area contributed by atoms with E-state index >= 15 is 0 Å². The molecule has 5 heterocycles. The van der Waals surface area contributed by atoms with Crippen LogP contribution in [0, 0.1) is 0 Å². The molecule has 0 unspecified atom stereocenters. The van der Waals surface area contributed by atoms with Crippen molar-refractivity contribution in [2.75, 3.05) is 64.3 Å². The Bertz CT molecular complexity index is 3360. The molecule has 0 saturated carbocycles. The van der Waals surface area contributed by atoms with Gasteiger partial charge in [-0.2, -0.15) is 57.4 Å². The Morgan fingerprint density at radius 1 is 0.553 bits per heavy atom. The molecule has 3 aromatic heterocycles. The summed E-state index contributed by atoms with van der Waals surface area (Å²) in [6, 6.07) is 20.0. The quantitative estimate of drug-likeness (QED) is 0.0723. The van der Waals surface area contributed by atoms with Crippen LogP contribution in [0.5, 0.6) is 17.2 Å². The van der Waals surface area contributed by atoms with Gasteiger partial charge in [0.1, 0.15) is 0 Å². The van der Waals surface area contributed by atoms with E-state index in [4.69, 9.17) is 4.84 Å². The molecule has 27 heteroatoms. The first-order valence-electron chi connectivity index (χ1n) is 22.8. The van der Waals surface area contributed by atoms with Crippen molar-refractivity contribution in [3.63, 3.8) is 0 Å². The minimum Gasteiger partial charge on any atom is -0.416 e. The van der Waals surface area contributed by atoms with Crippen LogP contribution in [0.2, 0.25) is 0 Å². The Labute approximate surface area is 419 Å². The van der Waals surface area contributed by atoms with Crippen LogP contribution in [0.4, 0.5) is 58.4 Å². The first-order valence-corrected chi connectivity index (χ1v) is 22.8. The summed E-state index contributed by atoms with van der Waals surface area (Å²) in [5, 5.41) is 0.360. The van der Waals surface area contributed by atoms with Crippen molar-refractivity contribution < 1.29 is 90.9 Å². The van der Waals surface area contributed by atoms with E-state index in [1.807, 2.05) is 42.3 Å². The summed E-state index contributed by atoms with van der Waals surface area (Å²) in [6.07, 6.45) is -22.4. The van der Waals surface area contributed by atoms with Gasteiger partial charge in [0.05, 0.1) is 16.6 Å². The van der Waals surface area contributed by atoms with Crippen molar-refractivity contribution in [2.45, 2.75) is 37.8 Å². The molecule has 0 radical (unpaired) electrons. The number of aromatic amines is 2. The van der Waals surface area contributed by atoms with E-state index in [1.54, 1.807) is 29.3 Å². The lowest BCUT2D eigenvalue weighted by atomic mass is 9.96. The summed E-state index contributed by atoms with van der Waals surface area (Å²) in [4.78, 5) is 69.7. The van der Waals surface area contributed by atoms with E-state index in [9.17, 15) is 71.9 Å². The van der Waals surface area contributed by atoms with Crippen LogP contribution in [-0.4, -0.2) is 137 Å². The molecule has 2 fully saturated rings. The lowest BCUT2D eigenvalue weighted by Gasteiger charge is -2.36. The summed E-state index contributed by atoms with van der Waals surface area (Å²) < 4.78 is 182. The van der Waals surface area contributed by atoms with Crippen molar-refractivity contribution in [3.05, 3.63) is 96.4 Å². The lowest BCUT2D eigenvalue weighted by molar-refractivity contribution is -0.199. The van der Waals surface area contributed by atoms with Crippen LogP contribution in [0.15, 0.2) is 85.1 Å². The summed E-state index contributed by atoms with van der Waals surface area (Å²) in [5.41, 5.74) is 1.32. The fourth-order valence-corrected chi connectivity index (χ4v) is 9.20. The number of esters is 3. The van der Waals surface area contributed by atoms with Crippen molar-refractivity contribution >= 4 is 62.3 Å². The zero-order valence-electron chi connectivity index (χ0n) is 39.2. The molecule has 0 spiro atoms. The van der Waals surface area contributed by atoms with Crippen LogP contribution >= 0.6 is 0 Å². The summed E-state index contributed by atoms with van der Waals surface area (Å²) in [7, 11) is 1.98. The number of piperazine rings is 2. The number of alkyl halides is 12.